The predicted molar refractivity (Wildman–Crippen MR) is 83.2 cm³/mol. The summed E-state index contributed by atoms with van der Waals surface area (Å²) in [5, 5.41) is 3.66. The number of nitrogens with one attached hydrogen (secondary N) is 1. The van der Waals surface area contributed by atoms with Gasteiger partial charge in [0.2, 0.25) is 0 Å². The Balaban J connectivity index is 1.95. The van der Waals surface area contributed by atoms with Gasteiger partial charge in [-0.1, -0.05) is 18.2 Å². The number of amides is 1. The van der Waals surface area contributed by atoms with E-state index in [1.54, 1.807) is 12.3 Å². The summed E-state index contributed by atoms with van der Waals surface area (Å²) >= 11 is 1.45. The first kappa shape index (κ1) is 12.6. The third kappa shape index (κ3) is 2.23. The number of hydrogen-bond donors (Lipinski definition) is 2. The van der Waals surface area contributed by atoms with Crippen molar-refractivity contribution in [3.05, 3.63) is 52.3 Å². The van der Waals surface area contributed by atoms with E-state index in [4.69, 9.17) is 5.73 Å². The number of benzene rings is 1. The number of fused-ring (bicyclic) bond motifs is 1. The molecular weight excluding hydrogens is 270 g/mol. The Bertz CT molecular complexity index is 795. The highest BCUT2D eigenvalue weighted by atomic mass is 32.1. The van der Waals surface area contributed by atoms with Crippen LogP contribution in [0, 0.1) is 6.92 Å². The van der Waals surface area contributed by atoms with Gasteiger partial charge >= 0.3 is 0 Å². The van der Waals surface area contributed by atoms with E-state index in [-0.39, 0.29) is 5.91 Å². The normalized spacial score (nSPS) is 10.7. The van der Waals surface area contributed by atoms with Crippen molar-refractivity contribution in [3.8, 4) is 0 Å². The molecular formula is C15H13N3OS. The lowest BCUT2D eigenvalue weighted by atomic mass is 10.1. The zero-order valence-corrected chi connectivity index (χ0v) is 11.7. The van der Waals surface area contributed by atoms with Crippen LogP contribution in [0.1, 0.15) is 14.5 Å². The summed E-state index contributed by atoms with van der Waals surface area (Å²) in [6.07, 6.45) is 1.59. The van der Waals surface area contributed by atoms with E-state index in [2.05, 4.69) is 10.3 Å². The molecule has 4 nitrogen and oxygen atoms in total. The van der Waals surface area contributed by atoms with Crippen LogP contribution in [0.4, 0.5) is 11.4 Å². The van der Waals surface area contributed by atoms with Crippen molar-refractivity contribution in [3.63, 3.8) is 0 Å². The van der Waals surface area contributed by atoms with Crippen molar-refractivity contribution in [2.75, 3.05) is 11.1 Å². The minimum Gasteiger partial charge on any atom is -0.396 e. The van der Waals surface area contributed by atoms with Gasteiger partial charge in [0.05, 0.1) is 28.0 Å². The SMILES string of the molecule is Cc1ccc(C(=O)Nc2cnc3ccccc3c2N)s1. The van der Waals surface area contributed by atoms with Gasteiger partial charge in [-0.3, -0.25) is 9.78 Å². The Morgan fingerprint density at radius 1 is 1.25 bits per heavy atom. The number of carbonyl (C=O) groups excluding carboxylic acids is 1. The summed E-state index contributed by atoms with van der Waals surface area (Å²) in [4.78, 5) is 18.2. The van der Waals surface area contributed by atoms with E-state index in [0.29, 0.717) is 16.3 Å². The number of nitrogens with two attached hydrogens (primary N) is 1. The van der Waals surface area contributed by atoms with E-state index < -0.39 is 0 Å². The molecule has 1 aromatic carbocycles. The van der Waals surface area contributed by atoms with Gasteiger partial charge in [0.25, 0.3) is 5.91 Å². The lowest BCUT2D eigenvalue weighted by Crippen LogP contribution is -2.12. The molecule has 0 atom stereocenters. The number of aromatic nitrogens is 1. The van der Waals surface area contributed by atoms with Gasteiger partial charge in [-0.05, 0) is 25.1 Å². The third-order valence-electron chi connectivity index (χ3n) is 3.03. The van der Waals surface area contributed by atoms with Crippen LogP contribution in [-0.4, -0.2) is 10.9 Å². The van der Waals surface area contributed by atoms with Crippen molar-refractivity contribution in [1.29, 1.82) is 0 Å². The zero-order chi connectivity index (χ0) is 14.1. The largest absolute Gasteiger partial charge is 0.396 e. The molecule has 100 valence electrons. The molecule has 5 heteroatoms. The summed E-state index contributed by atoms with van der Waals surface area (Å²) in [5.41, 5.74) is 7.99. The average Bonchev–Trinajstić information content (AvgIpc) is 2.89. The molecule has 0 unspecified atom stereocenters. The minimum atomic E-state index is -0.160. The number of rotatable bonds is 2. The van der Waals surface area contributed by atoms with Crippen LogP contribution in [-0.2, 0) is 0 Å². The molecule has 0 saturated carbocycles. The van der Waals surface area contributed by atoms with Crippen LogP contribution in [0.3, 0.4) is 0 Å². The fourth-order valence-electron chi connectivity index (χ4n) is 2.00. The Morgan fingerprint density at radius 2 is 2.05 bits per heavy atom. The molecule has 2 heterocycles. The number of nitrogens with zero attached hydrogens (tertiary/aromatic N) is 1. The van der Waals surface area contributed by atoms with E-state index in [1.807, 2.05) is 37.3 Å². The van der Waals surface area contributed by atoms with Crippen LogP contribution >= 0.6 is 11.3 Å². The Hall–Kier alpha value is -2.40. The lowest BCUT2D eigenvalue weighted by molar-refractivity contribution is 0.103. The fourth-order valence-corrected chi connectivity index (χ4v) is 2.77. The maximum atomic E-state index is 12.1. The molecule has 1 amide bonds. The van der Waals surface area contributed by atoms with E-state index in [1.165, 1.54) is 11.3 Å². The van der Waals surface area contributed by atoms with Crippen LogP contribution in [0.5, 0.6) is 0 Å². The molecule has 20 heavy (non-hydrogen) atoms. The van der Waals surface area contributed by atoms with Gasteiger partial charge in [0.15, 0.2) is 0 Å². The summed E-state index contributed by atoms with van der Waals surface area (Å²) in [7, 11) is 0. The number of thiophene rings is 1. The summed E-state index contributed by atoms with van der Waals surface area (Å²) in [6.45, 7) is 1.97. The number of aryl methyl sites for hydroxylation is 1. The quantitative estimate of drug-likeness (QED) is 0.757. The van der Waals surface area contributed by atoms with Crippen LogP contribution < -0.4 is 11.1 Å². The van der Waals surface area contributed by atoms with Gasteiger partial charge in [-0.15, -0.1) is 11.3 Å². The second-order valence-electron chi connectivity index (χ2n) is 4.47. The molecule has 0 spiro atoms. The minimum absolute atomic E-state index is 0.160. The maximum absolute atomic E-state index is 12.1. The predicted octanol–water partition coefficient (Wildman–Crippen LogP) is 3.44. The van der Waals surface area contributed by atoms with Gasteiger partial charge in [0.1, 0.15) is 0 Å². The Morgan fingerprint density at radius 3 is 2.80 bits per heavy atom. The van der Waals surface area contributed by atoms with Crippen molar-refractivity contribution >= 4 is 39.5 Å². The number of para-hydroxylation sites is 1. The Kier molecular flexibility index (Phi) is 3.12. The molecule has 0 saturated heterocycles. The highest BCUT2D eigenvalue weighted by Gasteiger charge is 2.12. The first-order valence-electron chi connectivity index (χ1n) is 6.16. The van der Waals surface area contributed by atoms with Crippen LogP contribution in [0.25, 0.3) is 10.9 Å². The monoisotopic (exact) mass is 283 g/mol. The number of carbonyl (C=O) groups is 1. The zero-order valence-electron chi connectivity index (χ0n) is 10.9. The highest BCUT2D eigenvalue weighted by Crippen LogP contribution is 2.27. The molecule has 0 aliphatic rings. The van der Waals surface area contributed by atoms with E-state index in [9.17, 15) is 4.79 Å². The maximum Gasteiger partial charge on any atom is 0.265 e. The second-order valence-corrected chi connectivity index (χ2v) is 5.76. The molecule has 3 N–H and O–H groups in total. The standard InChI is InChI=1S/C15H13N3OS/c1-9-6-7-13(20-9)15(19)18-12-8-17-11-5-3-2-4-10(11)14(12)16/h2-8H,1H3,(H2,16,17)(H,18,19). The topological polar surface area (TPSA) is 68.0 Å². The van der Waals surface area contributed by atoms with Gasteiger partial charge in [-0.2, -0.15) is 0 Å². The lowest BCUT2D eigenvalue weighted by Gasteiger charge is -2.09. The molecule has 0 fully saturated rings. The number of pyridine rings is 1. The molecule has 0 aliphatic carbocycles. The number of hydrogen-bond acceptors (Lipinski definition) is 4. The first-order valence-corrected chi connectivity index (χ1v) is 6.98. The summed E-state index contributed by atoms with van der Waals surface area (Å²) in [6, 6.07) is 11.3. The van der Waals surface area contributed by atoms with Crippen molar-refractivity contribution in [2.24, 2.45) is 0 Å². The fraction of sp³-hybridized carbons (Fsp3) is 0.0667. The molecule has 2 aromatic heterocycles. The van der Waals surface area contributed by atoms with Gasteiger partial charge in [0, 0.05) is 10.3 Å². The number of nitrogen functional groups attached to an aromatic ring is 1. The number of anilines is 2. The van der Waals surface area contributed by atoms with Crippen LogP contribution in [0.2, 0.25) is 0 Å². The smallest absolute Gasteiger partial charge is 0.265 e. The average molecular weight is 283 g/mol. The second kappa shape index (κ2) is 4.94. The van der Waals surface area contributed by atoms with Crippen molar-refractivity contribution < 1.29 is 4.79 Å². The van der Waals surface area contributed by atoms with E-state index >= 15 is 0 Å². The first-order chi connectivity index (χ1) is 9.65. The van der Waals surface area contributed by atoms with Gasteiger partial charge in [-0.25, -0.2) is 0 Å². The molecule has 0 radical (unpaired) electrons. The van der Waals surface area contributed by atoms with Crippen molar-refractivity contribution in [2.45, 2.75) is 6.92 Å². The van der Waals surface area contributed by atoms with Crippen molar-refractivity contribution in [1.82, 2.24) is 4.98 Å². The third-order valence-corrected chi connectivity index (χ3v) is 4.03. The van der Waals surface area contributed by atoms with Gasteiger partial charge < -0.3 is 11.1 Å². The molecule has 3 rings (SSSR count). The summed E-state index contributed by atoms with van der Waals surface area (Å²) in [5.74, 6) is -0.160. The van der Waals surface area contributed by atoms with Crippen LogP contribution in [0.15, 0.2) is 42.6 Å². The van der Waals surface area contributed by atoms with E-state index in [0.717, 1.165) is 15.8 Å². The Labute approximate surface area is 120 Å². The molecule has 3 aromatic rings. The summed E-state index contributed by atoms with van der Waals surface area (Å²) < 4.78 is 0. The molecule has 0 aliphatic heterocycles. The molecule has 0 bridgehead atoms. The highest BCUT2D eigenvalue weighted by molar-refractivity contribution is 7.14.